The minimum absolute atomic E-state index is 0.101. The highest BCUT2D eigenvalue weighted by molar-refractivity contribution is 6.23. The first kappa shape index (κ1) is 21.0. The molecule has 2 N–H and O–H groups in total. The first-order valence-electron chi connectivity index (χ1n) is 11.5. The quantitative estimate of drug-likeness (QED) is 0.653. The molecule has 2 aromatic rings. The van der Waals surface area contributed by atoms with Crippen molar-refractivity contribution >= 4 is 23.6 Å². The molecule has 0 bridgehead atoms. The van der Waals surface area contributed by atoms with Crippen molar-refractivity contribution in [3.05, 3.63) is 64.7 Å². The highest BCUT2D eigenvalue weighted by atomic mass is 16.5. The Morgan fingerprint density at radius 2 is 1.79 bits per heavy atom. The van der Waals surface area contributed by atoms with E-state index in [2.05, 4.69) is 21.6 Å². The molecule has 0 aliphatic carbocycles. The van der Waals surface area contributed by atoms with Crippen molar-refractivity contribution in [3.8, 4) is 5.75 Å². The van der Waals surface area contributed by atoms with E-state index >= 15 is 0 Å². The standard InChI is InChI=1S/C25H24N4O5/c30-21-8-7-19(22(31)27-21)29-23(32)17-6-5-15(9-18(17)24(29)33)10-28-11-16-3-1-2-4-20(16)34-25(14-28)12-26-13-25/h1-6,9,19,26H,7-8,10-14H2,(H,27,30,31). The Hall–Kier alpha value is -3.56. The number of fused-ring (bicyclic) bond motifs is 2. The van der Waals surface area contributed by atoms with Crippen LogP contribution in [-0.4, -0.2) is 64.7 Å². The molecule has 4 aliphatic rings. The Morgan fingerprint density at radius 3 is 2.56 bits per heavy atom. The van der Waals surface area contributed by atoms with Crippen molar-refractivity contribution in [1.82, 2.24) is 20.4 Å². The summed E-state index contributed by atoms with van der Waals surface area (Å²) in [6.07, 6.45) is 0.246. The molecule has 4 aliphatic heterocycles. The number of para-hydroxylation sites is 1. The number of imide groups is 2. The summed E-state index contributed by atoms with van der Waals surface area (Å²) in [5.41, 5.74) is 2.34. The molecule has 2 fully saturated rings. The van der Waals surface area contributed by atoms with Crippen molar-refractivity contribution in [2.75, 3.05) is 19.6 Å². The number of carbonyl (C=O) groups is 4. The Labute approximate surface area is 196 Å². The van der Waals surface area contributed by atoms with E-state index in [1.54, 1.807) is 12.1 Å². The van der Waals surface area contributed by atoms with Crippen LogP contribution in [0.5, 0.6) is 5.75 Å². The van der Waals surface area contributed by atoms with Crippen LogP contribution in [0.2, 0.25) is 0 Å². The van der Waals surface area contributed by atoms with Gasteiger partial charge >= 0.3 is 0 Å². The third kappa shape index (κ3) is 3.39. The second-order valence-electron chi connectivity index (χ2n) is 9.47. The minimum atomic E-state index is -0.959. The summed E-state index contributed by atoms with van der Waals surface area (Å²) in [6, 6.07) is 12.4. The fourth-order valence-corrected chi connectivity index (χ4v) is 5.28. The average Bonchev–Trinajstić information content (AvgIpc) is 2.93. The van der Waals surface area contributed by atoms with Crippen LogP contribution in [-0.2, 0) is 22.7 Å². The summed E-state index contributed by atoms with van der Waals surface area (Å²) in [5.74, 6) is -1.06. The molecule has 9 heteroatoms. The maximum absolute atomic E-state index is 13.2. The molecule has 9 nitrogen and oxygen atoms in total. The van der Waals surface area contributed by atoms with Gasteiger partial charge < -0.3 is 10.1 Å². The van der Waals surface area contributed by atoms with Crippen molar-refractivity contribution < 1.29 is 23.9 Å². The van der Waals surface area contributed by atoms with Gasteiger partial charge in [-0.3, -0.25) is 34.3 Å². The van der Waals surface area contributed by atoms with E-state index in [1.807, 2.05) is 24.3 Å². The molecule has 0 radical (unpaired) electrons. The van der Waals surface area contributed by atoms with Gasteiger partial charge in [-0.25, -0.2) is 0 Å². The molecule has 2 saturated heterocycles. The van der Waals surface area contributed by atoms with E-state index in [4.69, 9.17) is 4.74 Å². The number of rotatable bonds is 3. The highest BCUT2D eigenvalue weighted by Gasteiger charge is 2.45. The first-order valence-corrected chi connectivity index (χ1v) is 11.5. The van der Waals surface area contributed by atoms with Gasteiger partial charge in [-0.05, 0) is 30.2 Å². The third-order valence-corrected chi connectivity index (χ3v) is 7.01. The lowest BCUT2D eigenvalue weighted by Crippen LogP contribution is -2.67. The molecule has 4 amide bonds. The predicted octanol–water partition coefficient (Wildman–Crippen LogP) is 0.824. The van der Waals surface area contributed by atoms with Crippen LogP contribution < -0.4 is 15.4 Å². The normalized spacial score (nSPS) is 23.6. The van der Waals surface area contributed by atoms with E-state index in [0.29, 0.717) is 24.2 Å². The molecule has 34 heavy (non-hydrogen) atoms. The lowest BCUT2D eigenvalue weighted by Gasteiger charge is -2.43. The highest BCUT2D eigenvalue weighted by Crippen LogP contribution is 2.33. The van der Waals surface area contributed by atoms with Crippen LogP contribution in [0, 0.1) is 0 Å². The Kier molecular flexibility index (Phi) is 4.79. The maximum Gasteiger partial charge on any atom is 0.262 e. The maximum atomic E-state index is 13.2. The second kappa shape index (κ2) is 7.75. The van der Waals surface area contributed by atoms with Crippen molar-refractivity contribution in [1.29, 1.82) is 0 Å². The SMILES string of the molecule is O=C1CCC(N2C(=O)c3ccc(CN4Cc5ccccc5OC5(CNC5)C4)cc3C2=O)C(=O)N1. The second-order valence-corrected chi connectivity index (χ2v) is 9.47. The van der Waals surface area contributed by atoms with Gasteiger partial charge in [-0.1, -0.05) is 24.3 Å². The number of benzene rings is 2. The van der Waals surface area contributed by atoms with E-state index in [-0.39, 0.29) is 24.3 Å². The molecule has 2 aromatic carbocycles. The van der Waals surface area contributed by atoms with Gasteiger partial charge in [0.2, 0.25) is 11.8 Å². The largest absolute Gasteiger partial charge is 0.483 e. The molecule has 0 saturated carbocycles. The molecule has 1 spiro atoms. The van der Waals surface area contributed by atoms with Gasteiger partial charge in [0.1, 0.15) is 17.4 Å². The zero-order valence-corrected chi connectivity index (χ0v) is 18.5. The van der Waals surface area contributed by atoms with E-state index < -0.39 is 23.8 Å². The van der Waals surface area contributed by atoms with Gasteiger partial charge in [0.05, 0.1) is 11.1 Å². The van der Waals surface area contributed by atoms with Crippen LogP contribution in [0.15, 0.2) is 42.5 Å². The van der Waals surface area contributed by atoms with Crippen LogP contribution in [0.4, 0.5) is 0 Å². The third-order valence-electron chi connectivity index (χ3n) is 7.01. The first-order chi connectivity index (χ1) is 16.4. The number of nitrogens with one attached hydrogen (secondary N) is 2. The van der Waals surface area contributed by atoms with Crippen molar-refractivity contribution in [2.24, 2.45) is 0 Å². The Balaban J connectivity index is 1.25. The Bertz CT molecular complexity index is 1240. The zero-order chi connectivity index (χ0) is 23.4. The lowest BCUT2D eigenvalue weighted by atomic mass is 9.95. The summed E-state index contributed by atoms with van der Waals surface area (Å²) in [7, 11) is 0. The topological polar surface area (TPSA) is 108 Å². The molecule has 0 aromatic heterocycles. The van der Waals surface area contributed by atoms with Gasteiger partial charge in [0.15, 0.2) is 0 Å². The van der Waals surface area contributed by atoms with Gasteiger partial charge in [0.25, 0.3) is 11.8 Å². The summed E-state index contributed by atoms with van der Waals surface area (Å²) >= 11 is 0. The van der Waals surface area contributed by atoms with E-state index in [0.717, 1.165) is 41.4 Å². The molecule has 1 atom stereocenters. The fraction of sp³-hybridized carbons (Fsp3) is 0.360. The lowest BCUT2D eigenvalue weighted by molar-refractivity contribution is -0.136. The van der Waals surface area contributed by atoms with Crippen LogP contribution in [0.1, 0.15) is 44.7 Å². The number of hydrogen-bond donors (Lipinski definition) is 2. The molecule has 6 rings (SSSR count). The zero-order valence-electron chi connectivity index (χ0n) is 18.5. The van der Waals surface area contributed by atoms with Gasteiger partial charge in [-0.2, -0.15) is 0 Å². The van der Waals surface area contributed by atoms with Crippen molar-refractivity contribution in [2.45, 2.75) is 37.6 Å². The molecular formula is C25H24N4O5. The predicted molar refractivity (Wildman–Crippen MR) is 120 cm³/mol. The van der Waals surface area contributed by atoms with Gasteiger partial charge in [0, 0.05) is 44.7 Å². The van der Waals surface area contributed by atoms with E-state index in [9.17, 15) is 19.2 Å². The number of ether oxygens (including phenoxy) is 1. The molecule has 4 heterocycles. The monoisotopic (exact) mass is 460 g/mol. The number of piperidine rings is 1. The summed E-state index contributed by atoms with van der Waals surface area (Å²) in [4.78, 5) is 53.2. The number of nitrogens with zero attached hydrogens (tertiary/aromatic N) is 2. The molecular weight excluding hydrogens is 436 g/mol. The summed E-state index contributed by atoms with van der Waals surface area (Å²) in [6.45, 7) is 3.59. The molecule has 174 valence electrons. The van der Waals surface area contributed by atoms with Crippen LogP contribution in [0.25, 0.3) is 0 Å². The summed E-state index contributed by atoms with van der Waals surface area (Å²) < 4.78 is 6.38. The average molecular weight is 460 g/mol. The van der Waals surface area contributed by atoms with Crippen LogP contribution in [0.3, 0.4) is 0 Å². The number of hydrogen-bond acceptors (Lipinski definition) is 7. The van der Waals surface area contributed by atoms with E-state index in [1.165, 1.54) is 0 Å². The fourth-order valence-electron chi connectivity index (χ4n) is 5.28. The number of carbonyl (C=O) groups excluding carboxylic acids is 4. The summed E-state index contributed by atoms with van der Waals surface area (Å²) in [5, 5.41) is 5.53. The minimum Gasteiger partial charge on any atom is -0.483 e. The smallest absolute Gasteiger partial charge is 0.262 e. The van der Waals surface area contributed by atoms with Crippen LogP contribution >= 0.6 is 0 Å². The molecule has 1 unspecified atom stereocenters. The van der Waals surface area contributed by atoms with Crippen molar-refractivity contribution in [3.63, 3.8) is 0 Å². The number of amides is 4. The Morgan fingerprint density at radius 1 is 1.00 bits per heavy atom. The van der Waals surface area contributed by atoms with Gasteiger partial charge in [-0.15, -0.1) is 0 Å².